The van der Waals surface area contributed by atoms with Gasteiger partial charge in [0.1, 0.15) is 0 Å². The molecule has 0 bridgehead atoms. The molecule has 0 radical (unpaired) electrons. The second-order valence-electron chi connectivity index (χ2n) is 4.87. The van der Waals surface area contributed by atoms with E-state index in [-0.39, 0.29) is 5.91 Å². The highest BCUT2D eigenvalue weighted by atomic mass is 35.5. The molecule has 3 rings (SSSR count). The normalized spacial score (nSPS) is 11.0. The van der Waals surface area contributed by atoms with Gasteiger partial charge in [0.2, 0.25) is 5.91 Å². The molecule has 0 aliphatic rings. The van der Waals surface area contributed by atoms with Crippen LogP contribution in [0.3, 0.4) is 0 Å². The molecule has 1 amide bonds. The van der Waals surface area contributed by atoms with E-state index in [1.54, 1.807) is 29.5 Å². The Morgan fingerprint density at radius 2 is 2.13 bits per heavy atom. The Bertz CT molecular complexity index is 853. The van der Waals surface area contributed by atoms with Crippen molar-refractivity contribution in [3.05, 3.63) is 69.9 Å². The molecule has 0 aliphatic carbocycles. The first-order valence-corrected chi connectivity index (χ1v) is 8.22. The number of nitrogens with one attached hydrogen (secondary N) is 1. The molecule has 1 aromatic carbocycles. The number of carbonyl (C=O) groups excluding carboxylic acids is 1. The van der Waals surface area contributed by atoms with Gasteiger partial charge in [-0.15, -0.1) is 11.3 Å². The Hall–Kier alpha value is -2.37. The van der Waals surface area contributed by atoms with Crippen molar-refractivity contribution in [1.29, 1.82) is 0 Å². The summed E-state index contributed by atoms with van der Waals surface area (Å²) in [5.74, 6) is -0.216. The van der Waals surface area contributed by atoms with Gasteiger partial charge in [-0.1, -0.05) is 11.6 Å². The fraction of sp³-hybridized carbons (Fsp3) is 0.0588. The Kier molecular flexibility index (Phi) is 4.60. The van der Waals surface area contributed by atoms with Crippen molar-refractivity contribution in [3.63, 3.8) is 0 Å². The smallest absolute Gasteiger partial charge is 0.248 e. The van der Waals surface area contributed by atoms with Gasteiger partial charge in [0, 0.05) is 28.9 Å². The highest BCUT2D eigenvalue weighted by Gasteiger charge is 2.07. The lowest BCUT2D eigenvalue weighted by molar-refractivity contribution is -0.111. The van der Waals surface area contributed by atoms with E-state index in [0.29, 0.717) is 10.7 Å². The summed E-state index contributed by atoms with van der Waals surface area (Å²) < 4.78 is 1.90. The van der Waals surface area contributed by atoms with Crippen LogP contribution in [0.4, 0.5) is 5.69 Å². The second-order valence-corrected chi connectivity index (χ2v) is 6.36. The van der Waals surface area contributed by atoms with Crippen LogP contribution in [0.2, 0.25) is 5.02 Å². The van der Waals surface area contributed by atoms with E-state index in [1.807, 2.05) is 47.5 Å². The van der Waals surface area contributed by atoms with Crippen LogP contribution in [0.5, 0.6) is 0 Å². The minimum absolute atomic E-state index is 0.216. The van der Waals surface area contributed by atoms with Gasteiger partial charge in [0.15, 0.2) is 0 Å². The van der Waals surface area contributed by atoms with Crippen LogP contribution >= 0.6 is 22.9 Å². The number of aromatic nitrogens is 2. The third-order valence-electron chi connectivity index (χ3n) is 3.14. The molecule has 0 aliphatic heterocycles. The third kappa shape index (κ3) is 3.88. The Morgan fingerprint density at radius 1 is 1.35 bits per heavy atom. The van der Waals surface area contributed by atoms with Crippen LogP contribution in [-0.2, 0) is 4.79 Å². The highest BCUT2D eigenvalue weighted by Crippen LogP contribution is 2.24. The number of halogens is 1. The van der Waals surface area contributed by atoms with Crippen molar-refractivity contribution in [1.82, 2.24) is 9.55 Å². The zero-order valence-electron chi connectivity index (χ0n) is 12.4. The predicted molar refractivity (Wildman–Crippen MR) is 95.3 cm³/mol. The first-order valence-electron chi connectivity index (χ1n) is 6.96. The van der Waals surface area contributed by atoms with Crippen LogP contribution in [0, 0.1) is 6.92 Å². The van der Waals surface area contributed by atoms with Gasteiger partial charge in [-0.05, 0) is 43.3 Å². The first-order chi connectivity index (χ1) is 11.1. The van der Waals surface area contributed by atoms with Gasteiger partial charge in [-0.2, -0.15) is 0 Å². The number of aryl methyl sites for hydroxylation is 1. The van der Waals surface area contributed by atoms with Crippen LogP contribution in [-0.4, -0.2) is 15.5 Å². The average Bonchev–Trinajstić information content (AvgIpc) is 3.18. The van der Waals surface area contributed by atoms with Crippen molar-refractivity contribution in [2.45, 2.75) is 6.92 Å². The molecule has 116 valence electrons. The lowest BCUT2D eigenvalue weighted by Crippen LogP contribution is -2.10. The molecule has 0 unspecified atom stereocenters. The van der Waals surface area contributed by atoms with Crippen LogP contribution in [0.25, 0.3) is 11.8 Å². The van der Waals surface area contributed by atoms with Crippen LogP contribution < -0.4 is 5.32 Å². The summed E-state index contributed by atoms with van der Waals surface area (Å²) >= 11 is 7.62. The Labute approximate surface area is 143 Å². The van der Waals surface area contributed by atoms with Crippen LogP contribution in [0.1, 0.15) is 10.7 Å². The topological polar surface area (TPSA) is 46.9 Å². The SMILES string of the molecule is Cc1nc(/C=C/C(=O)Nc2ccc(Cl)cc2-n2cccc2)cs1. The maximum absolute atomic E-state index is 12.1. The standard InChI is InChI=1S/C17H14ClN3OS/c1-12-19-14(11-23-12)5-7-17(22)20-15-6-4-13(18)10-16(15)21-8-2-3-9-21/h2-11H,1H3,(H,20,22)/b7-5+. The van der Waals surface area contributed by atoms with Crippen molar-refractivity contribution < 1.29 is 4.79 Å². The molecule has 4 nitrogen and oxygen atoms in total. The molecule has 0 fully saturated rings. The lowest BCUT2D eigenvalue weighted by atomic mass is 10.2. The number of anilines is 1. The maximum Gasteiger partial charge on any atom is 0.248 e. The summed E-state index contributed by atoms with van der Waals surface area (Å²) in [6.07, 6.45) is 6.97. The van der Waals surface area contributed by atoms with Crippen molar-refractivity contribution in [3.8, 4) is 5.69 Å². The van der Waals surface area contributed by atoms with E-state index in [0.717, 1.165) is 16.4 Å². The number of thiazole rings is 1. The summed E-state index contributed by atoms with van der Waals surface area (Å²) in [5.41, 5.74) is 2.29. The van der Waals surface area contributed by atoms with Gasteiger partial charge in [0.05, 0.1) is 22.1 Å². The average molecular weight is 344 g/mol. The van der Waals surface area contributed by atoms with E-state index in [4.69, 9.17) is 11.6 Å². The zero-order valence-corrected chi connectivity index (χ0v) is 13.9. The van der Waals surface area contributed by atoms with Gasteiger partial charge < -0.3 is 9.88 Å². The molecular weight excluding hydrogens is 330 g/mol. The molecule has 23 heavy (non-hydrogen) atoms. The Balaban J connectivity index is 1.80. The molecule has 0 saturated heterocycles. The van der Waals surface area contributed by atoms with Gasteiger partial charge >= 0.3 is 0 Å². The molecule has 0 atom stereocenters. The highest BCUT2D eigenvalue weighted by molar-refractivity contribution is 7.09. The quantitative estimate of drug-likeness (QED) is 0.706. The molecule has 2 heterocycles. The molecule has 0 saturated carbocycles. The van der Waals surface area contributed by atoms with Crippen molar-refractivity contribution in [2.75, 3.05) is 5.32 Å². The predicted octanol–water partition coefficient (Wildman–Crippen LogP) is 4.55. The van der Waals surface area contributed by atoms with E-state index < -0.39 is 0 Å². The van der Waals surface area contributed by atoms with E-state index in [1.165, 1.54) is 6.08 Å². The number of rotatable bonds is 4. The van der Waals surface area contributed by atoms with E-state index in [9.17, 15) is 4.79 Å². The molecule has 1 N–H and O–H groups in total. The minimum Gasteiger partial charge on any atom is -0.322 e. The minimum atomic E-state index is -0.216. The molecule has 2 aromatic heterocycles. The number of hydrogen-bond acceptors (Lipinski definition) is 3. The van der Waals surface area contributed by atoms with Gasteiger partial charge in [0.25, 0.3) is 0 Å². The summed E-state index contributed by atoms with van der Waals surface area (Å²) in [4.78, 5) is 16.4. The first kappa shape index (κ1) is 15.5. The fourth-order valence-electron chi connectivity index (χ4n) is 2.11. The Morgan fingerprint density at radius 3 is 2.83 bits per heavy atom. The maximum atomic E-state index is 12.1. The monoisotopic (exact) mass is 343 g/mol. The van der Waals surface area contributed by atoms with Crippen molar-refractivity contribution in [2.24, 2.45) is 0 Å². The number of carbonyl (C=O) groups is 1. The number of benzene rings is 1. The molecule has 0 spiro atoms. The summed E-state index contributed by atoms with van der Waals surface area (Å²) in [6, 6.07) is 9.17. The zero-order chi connectivity index (χ0) is 16.2. The fourth-order valence-corrected chi connectivity index (χ4v) is 2.86. The number of nitrogens with zero attached hydrogens (tertiary/aromatic N) is 2. The number of hydrogen-bond donors (Lipinski definition) is 1. The van der Waals surface area contributed by atoms with Gasteiger partial charge in [-0.3, -0.25) is 4.79 Å². The van der Waals surface area contributed by atoms with Gasteiger partial charge in [-0.25, -0.2) is 4.98 Å². The summed E-state index contributed by atoms with van der Waals surface area (Å²) in [6.45, 7) is 1.93. The van der Waals surface area contributed by atoms with E-state index in [2.05, 4.69) is 10.3 Å². The molecular formula is C17H14ClN3OS. The molecule has 6 heteroatoms. The molecule has 3 aromatic rings. The number of amides is 1. The summed E-state index contributed by atoms with van der Waals surface area (Å²) in [7, 11) is 0. The summed E-state index contributed by atoms with van der Waals surface area (Å²) in [5, 5.41) is 6.36. The van der Waals surface area contributed by atoms with E-state index >= 15 is 0 Å². The van der Waals surface area contributed by atoms with Crippen molar-refractivity contribution >= 4 is 40.6 Å². The second kappa shape index (κ2) is 6.81. The third-order valence-corrected chi connectivity index (χ3v) is 4.17. The lowest BCUT2D eigenvalue weighted by Gasteiger charge is -2.11. The largest absolute Gasteiger partial charge is 0.322 e. The van der Waals surface area contributed by atoms with Crippen LogP contribution in [0.15, 0.2) is 54.2 Å².